The van der Waals surface area contributed by atoms with Crippen molar-refractivity contribution in [1.82, 2.24) is 0 Å². The van der Waals surface area contributed by atoms with Crippen molar-refractivity contribution < 1.29 is 22.4 Å². The Balaban J connectivity index is 2.25. The van der Waals surface area contributed by atoms with Crippen molar-refractivity contribution in [1.29, 1.82) is 0 Å². The second-order valence-electron chi connectivity index (χ2n) is 3.65. The van der Waals surface area contributed by atoms with E-state index in [0.29, 0.717) is 5.56 Å². The first-order valence-electron chi connectivity index (χ1n) is 5.34. The summed E-state index contributed by atoms with van der Waals surface area (Å²) >= 11 is 0.909. The molecule has 0 spiro atoms. The summed E-state index contributed by atoms with van der Waals surface area (Å²) in [6.45, 7) is 0. The number of thioether (sulfide) groups is 1. The third-order valence-electron chi connectivity index (χ3n) is 2.20. The molecule has 1 rings (SSSR count). The van der Waals surface area contributed by atoms with Crippen LogP contribution in [0.4, 0.5) is 17.6 Å². The topological polar surface area (TPSA) is 17.1 Å². The lowest BCUT2D eigenvalue weighted by Gasteiger charge is -2.11. The van der Waals surface area contributed by atoms with Crippen LogP contribution in [-0.2, 0) is 0 Å². The summed E-state index contributed by atoms with van der Waals surface area (Å²) in [4.78, 5) is 11.5. The zero-order chi connectivity index (χ0) is 13.6. The van der Waals surface area contributed by atoms with Gasteiger partial charge in [-0.2, -0.15) is 13.2 Å². The molecule has 0 bridgehead atoms. The molecule has 1 atom stereocenters. The SMILES string of the molecule is O=C(SCCCC(F)C(F)(F)F)c1ccccc1. The van der Waals surface area contributed by atoms with E-state index in [1.54, 1.807) is 30.3 Å². The fourth-order valence-electron chi connectivity index (χ4n) is 1.25. The highest BCUT2D eigenvalue weighted by molar-refractivity contribution is 8.14. The molecule has 1 unspecified atom stereocenters. The lowest BCUT2D eigenvalue weighted by Crippen LogP contribution is -2.24. The number of rotatable bonds is 5. The van der Waals surface area contributed by atoms with Gasteiger partial charge in [0, 0.05) is 11.3 Å². The average molecular weight is 280 g/mol. The summed E-state index contributed by atoms with van der Waals surface area (Å²) < 4.78 is 48.1. The largest absolute Gasteiger partial charge is 0.419 e. The van der Waals surface area contributed by atoms with Crippen LogP contribution in [0.25, 0.3) is 0 Å². The number of alkyl halides is 4. The first-order chi connectivity index (χ1) is 8.41. The van der Waals surface area contributed by atoms with E-state index in [4.69, 9.17) is 0 Å². The van der Waals surface area contributed by atoms with Gasteiger partial charge in [-0.15, -0.1) is 0 Å². The Labute approximate surface area is 107 Å². The van der Waals surface area contributed by atoms with Gasteiger partial charge in [0.2, 0.25) is 5.12 Å². The smallest absolute Gasteiger partial charge is 0.282 e. The van der Waals surface area contributed by atoms with Crippen molar-refractivity contribution in [2.24, 2.45) is 0 Å². The van der Waals surface area contributed by atoms with Crippen molar-refractivity contribution in [3.8, 4) is 0 Å². The van der Waals surface area contributed by atoms with Crippen molar-refractivity contribution in [3.05, 3.63) is 35.9 Å². The highest BCUT2D eigenvalue weighted by Gasteiger charge is 2.39. The van der Waals surface area contributed by atoms with Gasteiger partial charge in [-0.3, -0.25) is 4.79 Å². The summed E-state index contributed by atoms with van der Waals surface area (Å²) in [5.74, 6) is 0.185. The third-order valence-corrected chi connectivity index (χ3v) is 3.19. The van der Waals surface area contributed by atoms with E-state index in [-0.39, 0.29) is 17.3 Å². The minimum Gasteiger partial charge on any atom is -0.282 e. The Hall–Kier alpha value is -1.04. The molecule has 0 aliphatic heterocycles. The van der Waals surface area contributed by atoms with Crippen LogP contribution in [0.5, 0.6) is 0 Å². The van der Waals surface area contributed by atoms with Crippen molar-refractivity contribution in [2.45, 2.75) is 25.2 Å². The molecule has 0 amide bonds. The van der Waals surface area contributed by atoms with Gasteiger partial charge in [0.25, 0.3) is 0 Å². The fraction of sp³-hybridized carbons (Fsp3) is 0.417. The number of carbonyl (C=O) groups excluding carboxylic acids is 1. The number of hydrogen-bond acceptors (Lipinski definition) is 2. The molecule has 6 heteroatoms. The highest BCUT2D eigenvalue weighted by Crippen LogP contribution is 2.27. The van der Waals surface area contributed by atoms with Gasteiger partial charge in [0.1, 0.15) is 0 Å². The van der Waals surface area contributed by atoms with Crippen LogP contribution in [0, 0.1) is 0 Å². The number of hydrogen-bond donors (Lipinski definition) is 0. The Morgan fingerprint density at radius 3 is 2.39 bits per heavy atom. The Morgan fingerprint density at radius 1 is 1.22 bits per heavy atom. The second-order valence-corrected chi connectivity index (χ2v) is 4.72. The van der Waals surface area contributed by atoms with Gasteiger partial charge in [-0.05, 0) is 12.8 Å². The molecule has 0 saturated carbocycles. The first kappa shape index (κ1) is 15.0. The maximum Gasteiger partial charge on any atom is 0.419 e. The molecular weight excluding hydrogens is 268 g/mol. The normalized spacial score (nSPS) is 13.3. The monoisotopic (exact) mass is 280 g/mol. The van der Waals surface area contributed by atoms with Gasteiger partial charge in [-0.25, -0.2) is 4.39 Å². The standard InChI is InChI=1S/C12H12F4OS/c13-10(12(14,15)16)7-4-8-18-11(17)9-5-2-1-3-6-9/h1-3,5-6,10H,4,7-8H2. The van der Waals surface area contributed by atoms with Gasteiger partial charge >= 0.3 is 6.18 Å². The van der Waals surface area contributed by atoms with E-state index in [9.17, 15) is 22.4 Å². The fourth-order valence-corrected chi connectivity index (χ4v) is 2.05. The molecule has 0 radical (unpaired) electrons. The number of carbonyl (C=O) groups is 1. The first-order valence-corrected chi connectivity index (χ1v) is 6.33. The molecule has 0 aromatic heterocycles. The van der Waals surface area contributed by atoms with Crippen LogP contribution in [0.15, 0.2) is 30.3 Å². The summed E-state index contributed by atoms with van der Waals surface area (Å²) in [6, 6.07) is 8.43. The van der Waals surface area contributed by atoms with Gasteiger partial charge in [-0.1, -0.05) is 42.1 Å². The van der Waals surface area contributed by atoms with E-state index in [2.05, 4.69) is 0 Å². The molecule has 100 valence electrons. The van der Waals surface area contributed by atoms with Crippen molar-refractivity contribution in [2.75, 3.05) is 5.75 Å². The molecule has 0 N–H and O–H groups in total. The Morgan fingerprint density at radius 2 is 1.83 bits per heavy atom. The van der Waals surface area contributed by atoms with Gasteiger partial charge in [0.15, 0.2) is 6.17 Å². The molecule has 0 saturated heterocycles. The van der Waals surface area contributed by atoms with E-state index < -0.39 is 18.8 Å². The summed E-state index contributed by atoms with van der Waals surface area (Å²) in [6.07, 6.45) is -8.18. The van der Waals surface area contributed by atoms with Crippen LogP contribution in [0.3, 0.4) is 0 Å². The number of halogens is 4. The quantitative estimate of drug-likeness (QED) is 0.592. The number of benzene rings is 1. The van der Waals surface area contributed by atoms with E-state index in [1.807, 2.05) is 0 Å². The molecule has 18 heavy (non-hydrogen) atoms. The minimum atomic E-state index is -4.80. The second kappa shape index (κ2) is 6.78. The van der Waals surface area contributed by atoms with Gasteiger partial charge in [0.05, 0.1) is 0 Å². The van der Waals surface area contributed by atoms with Crippen molar-refractivity contribution in [3.63, 3.8) is 0 Å². The molecular formula is C12H12F4OS. The average Bonchev–Trinajstić information content (AvgIpc) is 2.34. The lowest BCUT2D eigenvalue weighted by molar-refractivity contribution is -0.181. The predicted octanol–water partition coefficient (Wildman–Crippen LogP) is 4.24. The third kappa shape index (κ3) is 5.08. The molecule has 0 fully saturated rings. The van der Waals surface area contributed by atoms with Crippen LogP contribution in [-0.4, -0.2) is 23.2 Å². The minimum absolute atomic E-state index is 0.0178. The molecule has 1 aromatic carbocycles. The summed E-state index contributed by atoms with van der Waals surface area (Å²) in [7, 11) is 0. The van der Waals surface area contributed by atoms with Gasteiger partial charge < -0.3 is 0 Å². The highest BCUT2D eigenvalue weighted by atomic mass is 32.2. The van der Waals surface area contributed by atoms with E-state index in [0.717, 1.165) is 11.8 Å². The molecule has 0 heterocycles. The summed E-state index contributed by atoms with van der Waals surface area (Å²) in [5.41, 5.74) is 0.495. The Kier molecular flexibility index (Phi) is 5.65. The molecule has 0 aliphatic carbocycles. The Bertz CT molecular complexity index is 377. The predicted molar refractivity (Wildman–Crippen MR) is 63.4 cm³/mol. The van der Waals surface area contributed by atoms with E-state index in [1.165, 1.54) is 0 Å². The molecule has 1 aromatic rings. The molecule has 1 nitrogen and oxygen atoms in total. The zero-order valence-corrected chi connectivity index (χ0v) is 10.2. The summed E-state index contributed by atoms with van der Waals surface area (Å²) in [5, 5.41) is -0.210. The van der Waals surface area contributed by atoms with Crippen LogP contribution >= 0.6 is 11.8 Å². The lowest BCUT2D eigenvalue weighted by atomic mass is 10.2. The van der Waals surface area contributed by atoms with Crippen molar-refractivity contribution >= 4 is 16.9 Å². The maximum atomic E-state index is 12.5. The zero-order valence-electron chi connectivity index (χ0n) is 9.41. The van der Waals surface area contributed by atoms with Crippen LogP contribution in [0.2, 0.25) is 0 Å². The molecule has 0 aliphatic rings. The van der Waals surface area contributed by atoms with E-state index >= 15 is 0 Å². The maximum absolute atomic E-state index is 12.5. The van der Waals surface area contributed by atoms with Crippen LogP contribution < -0.4 is 0 Å². The van der Waals surface area contributed by atoms with Crippen LogP contribution in [0.1, 0.15) is 23.2 Å².